The summed E-state index contributed by atoms with van der Waals surface area (Å²) in [5.74, 6) is 0.419. The molecule has 1 aromatic carbocycles. The second-order valence-electron chi connectivity index (χ2n) is 4.27. The van der Waals surface area contributed by atoms with Crippen molar-refractivity contribution in [3.8, 4) is 0 Å². The molecule has 0 fully saturated rings. The van der Waals surface area contributed by atoms with Crippen LogP contribution in [0, 0.1) is 0 Å². The fourth-order valence-electron chi connectivity index (χ4n) is 1.63. The molecule has 0 spiro atoms. The highest BCUT2D eigenvalue weighted by molar-refractivity contribution is 6.07. The molecule has 0 aliphatic heterocycles. The number of carbonyl (C=O) groups excluding carboxylic acids is 1. The minimum absolute atomic E-state index is 0.164. The Morgan fingerprint density at radius 2 is 2.06 bits per heavy atom. The van der Waals surface area contributed by atoms with Crippen LogP contribution in [-0.2, 0) is 0 Å². The van der Waals surface area contributed by atoms with E-state index in [4.69, 9.17) is 0 Å². The van der Waals surface area contributed by atoms with E-state index in [0.29, 0.717) is 11.4 Å². The first-order valence-electron chi connectivity index (χ1n) is 5.83. The Hall–Kier alpha value is -2.30. The number of para-hydroxylation sites is 1. The van der Waals surface area contributed by atoms with E-state index in [1.54, 1.807) is 18.3 Å². The summed E-state index contributed by atoms with van der Waals surface area (Å²) < 4.78 is 0. The van der Waals surface area contributed by atoms with E-state index in [-0.39, 0.29) is 11.9 Å². The molecule has 1 heterocycles. The molecule has 94 valence electrons. The number of hydrogen-bond acceptors (Lipinski definition) is 3. The molecule has 0 saturated carbocycles. The molecule has 5 nitrogen and oxygen atoms in total. The fourth-order valence-corrected chi connectivity index (χ4v) is 1.63. The molecular formula is C13H16N4O. The smallest absolute Gasteiger partial charge is 0.258 e. The lowest BCUT2D eigenvalue weighted by atomic mass is 10.1. The Kier molecular flexibility index (Phi) is 3.62. The van der Waals surface area contributed by atoms with Crippen LogP contribution >= 0.6 is 0 Å². The van der Waals surface area contributed by atoms with Gasteiger partial charge in [0, 0.05) is 17.8 Å². The minimum atomic E-state index is -0.164. The predicted octanol–water partition coefficient (Wildman–Crippen LogP) is 2.48. The molecular weight excluding hydrogens is 228 g/mol. The van der Waals surface area contributed by atoms with Gasteiger partial charge in [-0.3, -0.25) is 9.89 Å². The summed E-state index contributed by atoms with van der Waals surface area (Å²) in [5, 5.41) is 12.5. The third kappa shape index (κ3) is 2.88. The van der Waals surface area contributed by atoms with Crippen LogP contribution in [0.5, 0.6) is 0 Å². The molecule has 18 heavy (non-hydrogen) atoms. The second kappa shape index (κ2) is 5.35. The molecule has 2 aromatic rings. The van der Waals surface area contributed by atoms with Crippen molar-refractivity contribution in [3.05, 3.63) is 42.1 Å². The number of nitrogens with zero attached hydrogens (tertiary/aromatic N) is 1. The van der Waals surface area contributed by atoms with Crippen LogP contribution in [0.2, 0.25) is 0 Å². The first kappa shape index (κ1) is 12.2. The summed E-state index contributed by atoms with van der Waals surface area (Å²) in [6.07, 6.45) is 1.59. The predicted molar refractivity (Wildman–Crippen MR) is 71.7 cm³/mol. The van der Waals surface area contributed by atoms with Crippen molar-refractivity contribution in [2.24, 2.45) is 0 Å². The van der Waals surface area contributed by atoms with Gasteiger partial charge in [0.15, 0.2) is 0 Å². The quantitative estimate of drug-likeness (QED) is 0.773. The van der Waals surface area contributed by atoms with Crippen LogP contribution in [0.4, 0.5) is 11.5 Å². The largest absolute Gasteiger partial charge is 0.382 e. The van der Waals surface area contributed by atoms with E-state index in [1.807, 2.05) is 32.0 Å². The maximum Gasteiger partial charge on any atom is 0.258 e. The number of amides is 1. The van der Waals surface area contributed by atoms with Crippen LogP contribution in [0.1, 0.15) is 24.2 Å². The maximum absolute atomic E-state index is 12.1. The van der Waals surface area contributed by atoms with Gasteiger partial charge in [-0.05, 0) is 26.0 Å². The van der Waals surface area contributed by atoms with Crippen molar-refractivity contribution in [1.82, 2.24) is 10.2 Å². The molecule has 0 bridgehead atoms. The van der Waals surface area contributed by atoms with E-state index < -0.39 is 0 Å². The lowest BCUT2D eigenvalue weighted by Gasteiger charge is -2.14. The number of carbonyl (C=O) groups is 1. The van der Waals surface area contributed by atoms with E-state index in [1.165, 1.54) is 0 Å². The van der Waals surface area contributed by atoms with E-state index in [2.05, 4.69) is 20.8 Å². The topological polar surface area (TPSA) is 69.8 Å². The van der Waals surface area contributed by atoms with Gasteiger partial charge in [0.2, 0.25) is 0 Å². The molecule has 1 aromatic heterocycles. The molecule has 5 heteroatoms. The number of hydrogen-bond donors (Lipinski definition) is 3. The monoisotopic (exact) mass is 244 g/mol. The zero-order chi connectivity index (χ0) is 13.0. The zero-order valence-corrected chi connectivity index (χ0v) is 10.4. The van der Waals surface area contributed by atoms with Crippen molar-refractivity contribution >= 4 is 17.4 Å². The number of benzene rings is 1. The molecule has 2 rings (SSSR count). The number of nitrogens with one attached hydrogen (secondary N) is 3. The van der Waals surface area contributed by atoms with Gasteiger partial charge in [0.05, 0.1) is 11.8 Å². The van der Waals surface area contributed by atoms with Crippen LogP contribution in [-0.4, -0.2) is 22.1 Å². The Morgan fingerprint density at radius 1 is 1.28 bits per heavy atom. The molecule has 0 unspecified atom stereocenters. The van der Waals surface area contributed by atoms with Crippen LogP contribution in [0.15, 0.2) is 36.5 Å². The Labute approximate surface area is 106 Å². The molecule has 0 saturated heterocycles. The molecule has 0 aliphatic carbocycles. The van der Waals surface area contributed by atoms with Crippen molar-refractivity contribution in [1.29, 1.82) is 0 Å². The van der Waals surface area contributed by atoms with Crippen molar-refractivity contribution in [3.63, 3.8) is 0 Å². The first-order chi connectivity index (χ1) is 8.66. The summed E-state index contributed by atoms with van der Waals surface area (Å²) in [6.45, 7) is 4.06. The number of aromatic amines is 1. The Bertz CT molecular complexity index is 520. The summed E-state index contributed by atoms with van der Waals surface area (Å²) in [5.41, 5.74) is 1.44. The SMILES string of the molecule is CC(C)Nc1ccccc1C(=O)Nc1ccn[nH]1. The van der Waals surface area contributed by atoms with E-state index in [0.717, 1.165) is 5.69 Å². The Morgan fingerprint density at radius 3 is 2.72 bits per heavy atom. The third-order valence-corrected chi connectivity index (χ3v) is 2.36. The standard InChI is InChI=1S/C13H16N4O/c1-9(2)15-11-6-4-3-5-10(11)13(18)16-12-7-8-14-17-12/h3-9,15H,1-2H3,(H2,14,16,17,18). The highest BCUT2D eigenvalue weighted by atomic mass is 16.1. The highest BCUT2D eigenvalue weighted by Gasteiger charge is 2.11. The van der Waals surface area contributed by atoms with Gasteiger partial charge in [-0.15, -0.1) is 0 Å². The van der Waals surface area contributed by atoms with Gasteiger partial charge in [-0.1, -0.05) is 12.1 Å². The molecule has 0 radical (unpaired) electrons. The summed E-state index contributed by atoms with van der Waals surface area (Å²) in [7, 11) is 0. The lowest BCUT2D eigenvalue weighted by Crippen LogP contribution is -2.17. The minimum Gasteiger partial charge on any atom is -0.382 e. The third-order valence-electron chi connectivity index (χ3n) is 2.36. The zero-order valence-electron chi connectivity index (χ0n) is 10.4. The van der Waals surface area contributed by atoms with Crippen LogP contribution in [0.25, 0.3) is 0 Å². The van der Waals surface area contributed by atoms with Gasteiger partial charge in [0.25, 0.3) is 5.91 Å². The second-order valence-corrected chi connectivity index (χ2v) is 4.27. The van der Waals surface area contributed by atoms with Crippen molar-refractivity contribution in [2.45, 2.75) is 19.9 Å². The van der Waals surface area contributed by atoms with Crippen molar-refractivity contribution < 1.29 is 4.79 Å². The average Bonchev–Trinajstić information content (AvgIpc) is 2.81. The van der Waals surface area contributed by atoms with Gasteiger partial charge in [0.1, 0.15) is 5.82 Å². The Balaban J connectivity index is 2.19. The molecule has 0 aliphatic rings. The highest BCUT2D eigenvalue weighted by Crippen LogP contribution is 2.17. The average molecular weight is 244 g/mol. The first-order valence-corrected chi connectivity index (χ1v) is 5.83. The maximum atomic E-state index is 12.1. The number of anilines is 2. The van der Waals surface area contributed by atoms with E-state index >= 15 is 0 Å². The lowest BCUT2D eigenvalue weighted by molar-refractivity contribution is 0.102. The van der Waals surface area contributed by atoms with E-state index in [9.17, 15) is 4.79 Å². The number of H-pyrrole nitrogens is 1. The van der Waals surface area contributed by atoms with Gasteiger partial charge in [-0.25, -0.2) is 0 Å². The molecule has 1 amide bonds. The van der Waals surface area contributed by atoms with Gasteiger partial charge >= 0.3 is 0 Å². The molecule has 0 atom stereocenters. The van der Waals surface area contributed by atoms with Crippen molar-refractivity contribution in [2.75, 3.05) is 10.6 Å². The normalized spacial score (nSPS) is 10.4. The summed E-state index contributed by atoms with van der Waals surface area (Å²) >= 11 is 0. The number of aromatic nitrogens is 2. The van der Waals surface area contributed by atoms with Gasteiger partial charge < -0.3 is 10.6 Å². The summed E-state index contributed by atoms with van der Waals surface area (Å²) in [4.78, 5) is 12.1. The summed E-state index contributed by atoms with van der Waals surface area (Å²) in [6, 6.07) is 9.39. The van der Waals surface area contributed by atoms with Crippen LogP contribution < -0.4 is 10.6 Å². The number of rotatable bonds is 4. The fraction of sp³-hybridized carbons (Fsp3) is 0.231. The molecule has 3 N–H and O–H groups in total. The van der Waals surface area contributed by atoms with Crippen LogP contribution in [0.3, 0.4) is 0 Å². The van der Waals surface area contributed by atoms with Gasteiger partial charge in [-0.2, -0.15) is 5.10 Å².